The summed E-state index contributed by atoms with van der Waals surface area (Å²) >= 11 is 0. The Kier molecular flexibility index (Phi) is 7.98. The number of nitrogens with one attached hydrogen (secondary N) is 2. The molecule has 128 valence electrons. The van der Waals surface area contributed by atoms with E-state index in [1.54, 1.807) is 24.1 Å². The van der Waals surface area contributed by atoms with Crippen LogP contribution in [0.1, 0.15) is 18.4 Å². The molecule has 0 bridgehead atoms. The number of nitrogens with zero attached hydrogens (tertiary/aromatic N) is 1. The predicted molar refractivity (Wildman–Crippen MR) is 88.7 cm³/mol. The Morgan fingerprint density at radius 1 is 1.22 bits per heavy atom. The van der Waals surface area contributed by atoms with Gasteiger partial charge in [-0.05, 0) is 37.6 Å². The number of likely N-dealkylation sites (N-methyl/N-ethyl adjacent to an activating group) is 1. The molecule has 1 aliphatic rings. The molecule has 0 aromatic heterocycles. The SMILES string of the molecule is CNCC(=O)N1CCC(C(=O)NCc2ccc(F)cc2)CC1.Cl. The number of halogens is 2. The van der Waals surface area contributed by atoms with Crippen molar-refractivity contribution in [2.75, 3.05) is 26.7 Å². The molecular formula is C16H23ClFN3O2. The number of hydrogen-bond acceptors (Lipinski definition) is 3. The molecule has 0 radical (unpaired) electrons. The Bertz CT molecular complexity index is 517. The third-order valence-corrected chi connectivity index (χ3v) is 3.93. The van der Waals surface area contributed by atoms with E-state index in [0.717, 1.165) is 5.56 Å². The smallest absolute Gasteiger partial charge is 0.236 e. The van der Waals surface area contributed by atoms with Crippen molar-refractivity contribution < 1.29 is 14.0 Å². The molecule has 7 heteroatoms. The number of rotatable bonds is 5. The lowest BCUT2D eigenvalue weighted by molar-refractivity contribution is -0.134. The summed E-state index contributed by atoms with van der Waals surface area (Å²) in [5, 5.41) is 5.72. The predicted octanol–water partition coefficient (Wildman–Crippen LogP) is 1.32. The highest BCUT2D eigenvalue weighted by molar-refractivity contribution is 5.85. The lowest BCUT2D eigenvalue weighted by Gasteiger charge is -2.31. The largest absolute Gasteiger partial charge is 0.352 e. The molecule has 0 unspecified atom stereocenters. The first kappa shape index (κ1) is 19.4. The van der Waals surface area contributed by atoms with Gasteiger partial charge in [0.15, 0.2) is 0 Å². The van der Waals surface area contributed by atoms with Crippen LogP contribution in [0, 0.1) is 11.7 Å². The van der Waals surface area contributed by atoms with Gasteiger partial charge in [-0.3, -0.25) is 9.59 Å². The Morgan fingerprint density at radius 3 is 2.39 bits per heavy atom. The van der Waals surface area contributed by atoms with E-state index >= 15 is 0 Å². The fraction of sp³-hybridized carbons (Fsp3) is 0.500. The first-order valence-corrected chi connectivity index (χ1v) is 7.54. The normalized spacial score (nSPS) is 15.0. The molecule has 0 aliphatic carbocycles. The summed E-state index contributed by atoms with van der Waals surface area (Å²) in [4.78, 5) is 25.7. The fourth-order valence-electron chi connectivity index (χ4n) is 2.59. The summed E-state index contributed by atoms with van der Waals surface area (Å²) < 4.78 is 12.8. The van der Waals surface area contributed by atoms with Crippen molar-refractivity contribution in [3.8, 4) is 0 Å². The maximum Gasteiger partial charge on any atom is 0.236 e. The molecule has 1 heterocycles. The number of likely N-dealkylation sites (tertiary alicyclic amines) is 1. The molecule has 2 rings (SSSR count). The van der Waals surface area contributed by atoms with Crippen LogP contribution in [0.5, 0.6) is 0 Å². The zero-order valence-corrected chi connectivity index (χ0v) is 14.0. The van der Waals surface area contributed by atoms with Crippen molar-refractivity contribution in [3.05, 3.63) is 35.6 Å². The molecular weight excluding hydrogens is 321 g/mol. The van der Waals surface area contributed by atoms with Gasteiger partial charge in [-0.15, -0.1) is 12.4 Å². The number of hydrogen-bond donors (Lipinski definition) is 2. The average Bonchev–Trinajstić information content (AvgIpc) is 2.54. The quantitative estimate of drug-likeness (QED) is 0.847. The van der Waals surface area contributed by atoms with Gasteiger partial charge >= 0.3 is 0 Å². The summed E-state index contributed by atoms with van der Waals surface area (Å²) in [6.45, 7) is 1.98. The van der Waals surface area contributed by atoms with E-state index in [1.165, 1.54) is 12.1 Å². The van der Waals surface area contributed by atoms with Crippen molar-refractivity contribution in [3.63, 3.8) is 0 Å². The van der Waals surface area contributed by atoms with Crippen LogP contribution in [0.4, 0.5) is 4.39 Å². The van der Waals surface area contributed by atoms with E-state index in [1.807, 2.05) is 0 Å². The Labute approximate surface area is 142 Å². The van der Waals surface area contributed by atoms with Gasteiger partial charge in [0.2, 0.25) is 11.8 Å². The van der Waals surface area contributed by atoms with Gasteiger partial charge in [-0.2, -0.15) is 0 Å². The summed E-state index contributed by atoms with van der Waals surface area (Å²) in [7, 11) is 1.74. The van der Waals surface area contributed by atoms with E-state index in [4.69, 9.17) is 0 Å². The van der Waals surface area contributed by atoms with Crippen LogP contribution >= 0.6 is 12.4 Å². The van der Waals surface area contributed by atoms with Gasteiger partial charge in [0.25, 0.3) is 0 Å². The van der Waals surface area contributed by atoms with Crippen LogP contribution in [0.25, 0.3) is 0 Å². The zero-order chi connectivity index (χ0) is 15.9. The highest BCUT2D eigenvalue weighted by atomic mass is 35.5. The van der Waals surface area contributed by atoms with E-state index in [9.17, 15) is 14.0 Å². The van der Waals surface area contributed by atoms with Crippen LogP contribution in [0.15, 0.2) is 24.3 Å². The zero-order valence-electron chi connectivity index (χ0n) is 13.2. The van der Waals surface area contributed by atoms with Crippen LogP contribution in [-0.4, -0.2) is 43.4 Å². The Balaban J connectivity index is 0.00000264. The van der Waals surface area contributed by atoms with Crippen molar-refractivity contribution in [2.45, 2.75) is 19.4 Å². The van der Waals surface area contributed by atoms with E-state index < -0.39 is 0 Å². The second-order valence-corrected chi connectivity index (χ2v) is 5.53. The molecule has 1 aromatic carbocycles. The maximum absolute atomic E-state index is 12.8. The highest BCUT2D eigenvalue weighted by Gasteiger charge is 2.26. The summed E-state index contributed by atoms with van der Waals surface area (Å²) in [6.07, 6.45) is 1.37. The van der Waals surface area contributed by atoms with Crippen LogP contribution < -0.4 is 10.6 Å². The summed E-state index contributed by atoms with van der Waals surface area (Å²) in [6, 6.07) is 6.09. The molecule has 1 fully saturated rings. The molecule has 2 N–H and O–H groups in total. The summed E-state index contributed by atoms with van der Waals surface area (Å²) in [5.41, 5.74) is 0.872. The van der Waals surface area contributed by atoms with E-state index in [2.05, 4.69) is 10.6 Å². The minimum Gasteiger partial charge on any atom is -0.352 e. The molecule has 1 aromatic rings. The molecule has 1 aliphatic heterocycles. The monoisotopic (exact) mass is 343 g/mol. The number of carbonyl (C=O) groups is 2. The summed E-state index contributed by atoms with van der Waals surface area (Å²) in [5.74, 6) is -0.259. The first-order valence-electron chi connectivity index (χ1n) is 7.54. The van der Waals surface area contributed by atoms with Crippen LogP contribution in [-0.2, 0) is 16.1 Å². The lowest BCUT2D eigenvalue weighted by Crippen LogP contribution is -2.45. The van der Waals surface area contributed by atoms with E-state index in [-0.39, 0.29) is 36.0 Å². The van der Waals surface area contributed by atoms with E-state index in [0.29, 0.717) is 39.0 Å². The highest BCUT2D eigenvalue weighted by Crippen LogP contribution is 2.17. The Morgan fingerprint density at radius 2 is 1.83 bits per heavy atom. The number of carbonyl (C=O) groups excluding carboxylic acids is 2. The van der Waals surface area contributed by atoms with Gasteiger partial charge in [-0.1, -0.05) is 12.1 Å². The molecule has 1 saturated heterocycles. The van der Waals surface area contributed by atoms with Crippen molar-refractivity contribution in [1.82, 2.24) is 15.5 Å². The van der Waals surface area contributed by atoms with Crippen LogP contribution in [0.3, 0.4) is 0 Å². The maximum atomic E-state index is 12.8. The second-order valence-electron chi connectivity index (χ2n) is 5.53. The minimum absolute atomic E-state index is 0. The molecule has 23 heavy (non-hydrogen) atoms. The van der Waals surface area contributed by atoms with Crippen molar-refractivity contribution >= 4 is 24.2 Å². The van der Waals surface area contributed by atoms with Gasteiger partial charge in [0.05, 0.1) is 6.54 Å². The molecule has 0 atom stereocenters. The van der Waals surface area contributed by atoms with Crippen molar-refractivity contribution in [1.29, 1.82) is 0 Å². The van der Waals surface area contributed by atoms with Gasteiger partial charge < -0.3 is 15.5 Å². The number of benzene rings is 1. The standard InChI is InChI=1S/C16H22FN3O2.ClH/c1-18-11-15(21)20-8-6-13(7-9-20)16(22)19-10-12-2-4-14(17)5-3-12;/h2-5,13,18H,6-11H2,1H3,(H,19,22);1H. The Hall–Kier alpha value is -1.66. The second kappa shape index (κ2) is 9.47. The third-order valence-electron chi connectivity index (χ3n) is 3.93. The van der Waals surface area contributed by atoms with Gasteiger partial charge in [-0.25, -0.2) is 4.39 Å². The van der Waals surface area contributed by atoms with Gasteiger partial charge in [0, 0.05) is 25.6 Å². The fourth-order valence-corrected chi connectivity index (χ4v) is 2.59. The number of piperidine rings is 1. The topological polar surface area (TPSA) is 61.4 Å². The molecule has 2 amide bonds. The van der Waals surface area contributed by atoms with Gasteiger partial charge in [0.1, 0.15) is 5.82 Å². The lowest BCUT2D eigenvalue weighted by atomic mass is 9.95. The molecule has 0 spiro atoms. The van der Waals surface area contributed by atoms with Crippen molar-refractivity contribution in [2.24, 2.45) is 5.92 Å². The third kappa shape index (κ3) is 5.80. The minimum atomic E-state index is -0.284. The average molecular weight is 344 g/mol. The molecule has 0 saturated carbocycles. The first-order chi connectivity index (χ1) is 10.6. The number of amides is 2. The molecule has 5 nitrogen and oxygen atoms in total. The van der Waals surface area contributed by atoms with Crippen LogP contribution in [0.2, 0.25) is 0 Å².